The van der Waals surface area contributed by atoms with Crippen molar-refractivity contribution in [2.45, 2.75) is 12.7 Å². The topological polar surface area (TPSA) is 82.5 Å². The van der Waals surface area contributed by atoms with E-state index < -0.39 is 17.7 Å². The van der Waals surface area contributed by atoms with E-state index in [-0.39, 0.29) is 41.0 Å². The highest BCUT2D eigenvalue weighted by molar-refractivity contribution is 6.04. The molecule has 0 aliphatic carbocycles. The first-order valence-corrected chi connectivity index (χ1v) is 7.47. The number of hydrogen-bond donors (Lipinski definition) is 2. The van der Waals surface area contributed by atoms with Crippen molar-refractivity contribution in [2.75, 3.05) is 19.6 Å². The maximum absolute atomic E-state index is 12.9. The number of rotatable bonds is 3. The van der Waals surface area contributed by atoms with Gasteiger partial charge in [0.2, 0.25) is 5.91 Å². The lowest BCUT2D eigenvalue weighted by Crippen LogP contribution is -2.47. The van der Waals surface area contributed by atoms with Crippen LogP contribution < -0.4 is 5.32 Å². The van der Waals surface area contributed by atoms with Gasteiger partial charge in [-0.2, -0.15) is 13.2 Å². The fourth-order valence-corrected chi connectivity index (χ4v) is 2.85. The summed E-state index contributed by atoms with van der Waals surface area (Å²) < 4.78 is 38.8. The number of nitrogens with one attached hydrogen (secondary N) is 1. The summed E-state index contributed by atoms with van der Waals surface area (Å²) in [5.74, 6) is -1.51. The van der Waals surface area contributed by atoms with Gasteiger partial charge in [-0.25, -0.2) is 4.79 Å². The summed E-state index contributed by atoms with van der Waals surface area (Å²) in [6.07, 6.45) is -3.24. The molecule has 25 heavy (non-hydrogen) atoms. The quantitative estimate of drug-likeness (QED) is 0.881. The van der Waals surface area contributed by atoms with E-state index in [2.05, 4.69) is 10.3 Å². The molecule has 1 aromatic carbocycles. The van der Waals surface area contributed by atoms with E-state index >= 15 is 0 Å². The van der Waals surface area contributed by atoms with Gasteiger partial charge in [-0.15, -0.1) is 0 Å². The van der Waals surface area contributed by atoms with Crippen molar-refractivity contribution < 1.29 is 27.9 Å². The molecule has 2 aromatic rings. The summed E-state index contributed by atoms with van der Waals surface area (Å²) in [6, 6.07) is 2.83. The lowest BCUT2D eigenvalue weighted by Gasteiger charge is -2.27. The first kappa shape index (κ1) is 17.2. The Balaban J connectivity index is 2.07. The number of carboxylic acid groups (broad SMARTS) is 1. The molecule has 0 radical (unpaired) electrons. The highest BCUT2D eigenvalue weighted by Gasteiger charge is 2.31. The van der Waals surface area contributed by atoms with Gasteiger partial charge in [0.25, 0.3) is 0 Å². The van der Waals surface area contributed by atoms with Crippen molar-refractivity contribution in [3.63, 3.8) is 0 Å². The normalized spacial score (nSPS) is 16.0. The van der Waals surface area contributed by atoms with Gasteiger partial charge >= 0.3 is 12.1 Å². The average molecular weight is 353 g/mol. The van der Waals surface area contributed by atoms with Crippen molar-refractivity contribution in [2.24, 2.45) is 0 Å². The first-order valence-electron chi connectivity index (χ1n) is 7.47. The van der Waals surface area contributed by atoms with Gasteiger partial charge in [0.05, 0.1) is 23.2 Å². The Kier molecular flexibility index (Phi) is 4.34. The Morgan fingerprint density at radius 3 is 2.76 bits per heavy atom. The van der Waals surface area contributed by atoms with Crippen molar-refractivity contribution in [3.8, 4) is 0 Å². The number of aromatic nitrogens is 1. The SMILES string of the molecule is O=C1CN(Cc2cnc3ccc(C(F)(F)F)cc3c2C(=O)O)CCN1. The number of fused-ring (bicyclic) bond motifs is 1. The third-order valence-electron chi connectivity index (χ3n) is 4.00. The number of carboxylic acids is 1. The van der Waals surface area contributed by atoms with Crippen molar-refractivity contribution in [1.82, 2.24) is 15.2 Å². The molecule has 1 aliphatic heterocycles. The minimum absolute atomic E-state index is 0.0683. The number of alkyl halides is 3. The second kappa shape index (κ2) is 6.32. The van der Waals surface area contributed by atoms with Gasteiger partial charge in [-0.1, -0.05) is 0 Å². The predicted molar refractivity (Wildman–Crippen MR) is 82.0 cm³/mol. The molecule has 3 rings (SSSR count). The Morgan fingerprint density at radius 1 is 1.36 bits per heavy atom. The second-order valence-corrected chi connectivity index (χ2v) is 5.75. The van der Waals surface area contributed by atoms with Gasteiger partial charge in [0, 0.05) is 31.2 Å². The molecule has 0 saturated carbocycles. The minimum atomic E-state index is -4.58. The number of amides is 1. The molecule has 1 saturated heterocycles. The van der Waals surface area contributed by atoms with Crippen LogP contribution in [0.1, 0.15) is 21.5 Å². The molecule has 2 N–H and O–H groups in total. The lowest BCUT2D eigenvalue weighted by molar-refractivity contribution is -0.137. The van der Waals surface area contributed by atoms with Gasteiger partial charge in [-0.3, -0.25) is 14.7 Å². The van der Waals surface area contributed by atoms with Crippen molar-refractivity contribution >= 4 is 22.8 Å². The molecular weight excluding hydrogens is 339 g/mol. The van der Waals surface area contributed by atoms with Crippen LogP contribution in [0.5, 0.6) is 0 Å². The maximum Gasteiger partial charge on any atom is 0.416 e. The van der Waals surface area contributed by atoms with E-state index in [1.165, 1.54) is 6.20 Å². The Labute approximate surface area is 140 Å². The van der Waals surface area contributed by atoms with E-state index in [1.54, 1.807) is 4.90 Å². The molecule has 1 aliphatic rings. The van der Waals surface area contributed by atoms with Crippen LogP contribution in [-0.4, -0.2) is 46.5 Å². The number of pyridine rings is 1. The smallest absolute Gasteiger partial charge is 0.416 e. The van der Waals surface area contributed by atoms with Crippen LogP contribution in [0.4, 0.5) is 13.2 Å². The zero-order chi connectivity index (χ0) is 18.2. The number of aromatic carboxylic acids is 1. The summed E-state index contributed by atoms with van der Waals surface area (Å²) >= 11 is 0. The van der Waals surface area contributed by atoms with E-state index in [1.807, 2.05) is 0 Å². The zero-order valence-electron chi connectivity index (χ0n) is 12.9. The first-order chi connectivity index (χ1) is 11.8. The molecule has 0 spiro atoms. The van der Waals surface area contributed by atoms with Crippen molar-refractivity contribution in [3.05, 3.63) is 41.1 Å². The molecule has 0 unspecified atom stereocenters. The van der Waals surface area contributed by atoms with Crippen LogP contribution in [0.25, 0.3) is 10.9 Å². The molecule has 132 valence electrons. The van der Waals surface area contributed by atoms with E-state index in [9.17, 15) is 27.9 Å². The predicted octanol–water partition coefficient (Wildman–Crippen LogP) is 1.88. The Bertz CT molecular complexity index is 852. The number of nitrogens with zero attached hydrogens (tertiary/aromatic N) is 2. The minimum Gasteiger partial charge on any atom is -0.478 e. The number of carbonyl (C=O) groups is 2. The number of halogens is 3. The summed E-state index contributed by atoms with van der Waals surface area (Å²) in [5.41, 5.74) is -0.708. The number of benzene rings is 1. The fourth-order valence-electron chi connectivity index (χ4n) is 2.85. The zero-order valence-corrected chi connectivity index (χ0v) is 12.9. The standard InChI is InChI=1S/C16H14F3N3O3/c17-16(18,19)10-1-2-12-11(5-10)14(15(24)25)9(6-21-12)7-22-4-3-20-13(23)8-22/h1-2,5-6H,3-4,7-8H2,(H,20,23)(H,24,25). The average Bonchev–Trinajstić information content (AvgIpc) is 2.53. The summed E-state index contributed by atoms with van der Waals surface area (Å²) in [4.78, 5) is 28.9. The van der Waals surface area contributed by atoms with Gasteiger partial charge in [0.1, 0.15) is 0 Å². The highest BCUT2D eigenvalue weighted by atomic mass is 19.4. The van der Waals surface area contributed by atoms with Crippen LogP contribution in [-0.2, 0) is 17.5 Å². The molecule has 0 atom stereocenters. The van der Waals surface area contributed by atoms with Crippen LogP contribution in [0.3, 0.4) is 0 Å². The summed E-state index contributed by atoms with van der Waals surface area (Å²) in [5, 5.41) is 12.1. The van der Waals surface area contributed by atoms with E-state index in [0.717, 1.165) is 18.2 Å². The molecule has 9 heteroatoms. The van der Waals surface area contributed by atoms with E-state index in [0.29, 0.717) is 13.1 Å². The third-order valence-corrected chi connectivity index (χ3v) is 4.00. The molecule has 0 bridgehead atoms. The lowest BCUT2D eigenvalue weighted by atomic mass is 10.0. The molecule has 6 nitrogen and oxygen atoms in total. The Morgan fingerprint density at radius 2 is 2.12 bits per heavy atom. The largest absolute Gasteiger partial charge is 0.478 e. The number of hydrogen-bond acceptors (Lipinski definition) is 4. The monoisotopic (exact) mass is 353 g/mol. The maximum atomic E-state index is 12.9. The third kappa shape index (κ3) is 3.55. The van der Waals surface area contributed by atoms with Gasteiger partial charge in [-0.05, 0) is 23.8 Å². The molecule has 1 amide bonds. The van der Waals surface area contributed by atoms with Crippen LogP contribution in [0, 0.1) is 0 Å². The summed E-state index contributed by atoms with van der Waals surface area (Å²) in [7, 11) is 0. The van der Waals surface area contributed by atoms with Gasteiger partial charge < -0.3 is 10.4 Å². The molecule has 1 fully saturated rings. The fraction of sp³-hybridized carbons (Fsp3) is 0.312. The highest BCUT2D eigenvalue weighted by Crippen LogP contribution is 2.32. The molecular formula is C16H14F3N3O3. The van der Waals surface area contributed by atoms with E-state index in [4.69, 9.17) is 0 Å². The van der Waals surface area contributed by atoms with Gasteiger partial charge in [0.15, 0.2) is 0 Å². The number of piperazine rings is 1. The van der Waals surface area contributed by atoms with Crippen molar-refractivity contribution in [1.29, 1.82) is 0 Å². The van der Waals surface area contributed by atoms with Crippen LogP contribution in [0.2, 0.25) is 0 Å². The molecule has 2 heterocycles. The number of carbonyl (C=O) groups excluding carboxylic acids is 1. The summed E-state index contributed by atoms with van der Waals surface area (Å²) in [6.45, 7) is 1.17. The van der Waals surface area contributed by atoms with Crippen LogP contribution in [0.15, 0.2) is 24.4 Å². The van der Waals surface area contributed by atoms with Crippen LogP contribution >= 0.6 is 0 Å². The Hall–Kier alpha value is -2.68. The molecule has 1 aromatic heterocycles. The second-order valence-electron chi connectivity index (χ2n) is 5.75.